The van der Waals surface area contributed by atoms with Gasteiger partial charge in [-0.2, -0.15) is 0 Å². The van der Waals surface area contributed by atoms with Crippen LogP contribution < -0.4 is 5.32 Å². The minimum atomic E-state index is -0.684. The summed E-state index contributed by atoms with van der Waals surface area (Å²) in [4.78, 5) is 24.6. The van der Waals surface area contributed by atoms with Crippen LogP contribution in [0.25, 0.3) is 0 Å². The SMILES string of the molecule is CCCCC/C=C\C/C=C\CCCCCCCCCCCC(=O)OCCCC/C=C\CCCCCCCC(=O)NC(CO)C(O)CCCCCCCCCCCCCCCCCCCCCCC. The van der Waals surface area contributed by atoms with Crippen LogP contribution in [0.1, 0.15) is 322 Å². The Morgan fingerprint density at radius 2 is 0.735 bits per heavy atom. The lowest BCUT2D eigenvalue weighted by molar-refractivity contribution is -0.143. The first kappa shape index (κ1) is 66.1. The van der Waals surface area contributed by atoms with Crippen LogP contribution in [0.4, 0.5) is 0 Å². The number of ether oxygens (including phenoxy) is 1. The highest BCUT2D eigenvalue weighted by molar-refractivity contribution is 5.76. The summed E-state index contributed by atoms with van der Waals surface area (Å²) in [6.45, 7) is 4.87. The maximum absolute atomic E-state index is 12.5. The van der Waals surface area contributed by atoms with E-state index in [1.165, 1.54) is 199 Å². The van der Waals surface area contributed by atoms with Crippen LogP contribution in [0.3, 0.4) is 0 Å². The van der Waals surface area contributed by atoms with Crippen molar-refractivity contribution < 1.29 is 24.5 Å². The van der Waals surface area contributed by atoms with Gasteiger partial charge in [-0.3, -0.25) is 9.59 Å². The van der Waals surface area contributed by atoms with Crippen LogP contribution >= 0.6 is 0 Å². The highest BCUT2D eigenvalue weighted by atomic mass is 16.5. The van der Waals surface area contributed by atoms with E-state index in [0.717, 1.165) is 89.9 Å². The van der Waals surface area contributed by atoms with E-state index >= 15 is 0 Å². The molecule has 0 aliphatic rings. The van der Waals surface area contributed by atoms with Crippen LogP contribution in [0.2, 0.25) is 0 Å². The second-order valence-corrected chi connectivity index (χ2v) is 20.7. The molecule has 0 aliphatic heterocycles. The quantitative estimate of drug-likeness (QED) is 0.0321. The third-order valence-electron chi connectivity index (χ3n) is 13.9. The second-order valence-electron chi connectivity index (χ2n) is 20.7. The van der Waals surface area contributed by atoms with E-state index in [0.29, 0.717) is 25.9 Å². The van der Waals surface area contributed by atoms with E-state index in [1.54, 1.807) is 0 Å². The number of aliphatic hydroxyl groups excluding tert-OH is 2. The standard InChI is InChI=1S/C62H117NO5/c1-3-5-7-9-11-13-15-17-19-21-23-24-26-27-29-31-34-38-42-46-50-54-60(65)59(58-64)63-61(66)55-51-47-43-39-35-33-37-41-45-49-53-57-68-62(67)56-52-48-44-40-36-32-30-28-25-22-20-18-16-14-12-10-8-6-4-2/h12,14,18,20,37,41,59-60,64-65H,3-11,13,15-17,19,21-36,38-40,42-58H2,1-2H3,(H,63,66)/b14-12-,20-18-,41-37-. The fourth-order valence-electron chi connectivity index (χ4n) is 9.25. The maximum atomic E-state index is 12.5. The van der Waals surface area contributed by atoms with Gasteiger partial charge < -0.3 is 20.3 Å². The lowest BCUT2D eigenvalue weighted by Gasteiger charge is -2.22. The van der Waals surface area contributed by atoms with Crippen LogP contribution in [-0.2, 0) is 14.3 Å². The summed E-state index contributed by atoms with van der Waals surface area (Å²) in [7, 11) is 0. The summed E-state index contributed by atoms with van der Waals surface area (Å²) in [6, 6.07) is -0.564. The van der Waals surface area contributed by atoms with Crippen molar-refractivity contribution in [2.24, 2.45) is 0 Å². The Hall–Kier alpha value is -1.92. The largest absolute Gasteiger partial charge is 0.466 e. The van der Waals surface area contributed by atoms with Gasteiger partial charge in [0.2, 0.25) is 5.91 Å². The van der Waals surface area contributed by atoms with Crippen molar-refractivity contribution in [3.05, 3.63) is 36.5 Å². The lowest BCUT2D eigenvalue weighted by Crippen LogP contribution is -2.45. The first-order valence-electron chi connectivity index (χ1n) is 30.2. The average Bonchev–Trinajstić information content (AvgIpc) is 3.34. The van der Waals surface area contributed by atoms with Crippen LogP contribution in [0, 0.1) is 0 Å². The zero-order valence-electron chi connectivity index (χ0n) is 45.6. The molecule has 0 aromatic carbocycles. The third-order valence-corrected chi connectivity index (χ3v) is 13.9. The molecule has 68 heavy (non-hydrogen) atoms. The van der Waals surface area contributed by atoms with Crippen molar-refractivity contribution in [2.75, 3.05) is 13.2 Å². The molecule has 0 saturated carbocycles. The molecule has 0 aromatic heterocycles. The third kappa shape index (κ3) is 53.4. The molecule has 0 fully saturated rings. The number of nitrogens with one attached hydrogen (secondary N) is 1. The van der Waals surface area contributed by atoms with Gasteiger partial charge in [-0.1, -0.05) is 262 Å². The molecule has 1 amide bonds. The fourth-order valence-corrected chi connectivity index (χ4v) is 9.25. The lowest BCUT2D eigenvalue weighted by atomic mass is 10.0. The van der Waals surface area contributed by atoms with Crippen molar-refractivity contribution in [3.63, 3.8) is 0 Å². The molecule has 0 aromatic rings. The molecule has 0 bridgehead atoms. The number of esters is 1. The highest BCUT2D eigenvalue weighted by Gasteiger charge is 2.20. The van der Waals surface area contributed by atoms with Gasteiger partial charge in [0.1, 0.15) is 0 Å². The van der Waals surface area contributed by atoms with E-state index < -0.39 is 12.1 Å². The molecular weight excluding hydrogens is 839 g/mol. The number of carbonyl (C=O) groups is 2. The molecule has 400 valence electrons. The number of unbranched alkanes of at least 4 members (excludes halogenated alkanes) is 39. The predicted octanol–water partition coefficient (Wildman–Crippen LogP) is 18.8. The molecule has 0 rings (SSSR count). The zero-order valence-corrected chi connectivity index (χ0v) is 45.6. The van der Waals surface area contributed by atoms with Crippen molar-refractivity contribution in [1.29, 1.82) is 0 Å². The molecule has 6 nitrogen and oxygen atoms in total. The first-order chi connectivity index (χ1) is 33.5. The Labute approximate surface area is 424 Å². The van der Waals surface area contributed by atoms with Crippen LogP contribution in [-0.4, -0.2) is 47.4 Å². The van der Waals surface area contributed by atoms with Crippen molar-refractivity contribution in [2.45, 2.75) is 334 Å². The van der Waals surface area contributed by atoms with Crippen molar-refractivity contribution in [1.82, 2.24) is 5.32 Å². The molecule has 3 N–H and O–H groups in total. The number of carbonyl (C=O) groups excluding carboxylic acids is 2. The molecule has 0 aliphatic carbocycles. The van der Waals surface area contributed by atoms with E-state index in [-0.39, 0.29) is 18.5 Å². The summed E-state index contributed by atoms with van der Waals surface area (Å²) in [6.07, 6.45) is 71.4. The van der Waals surface area contributed by atoms with Gasteiger partial charge in [0.05, 0.1) is 25.4 Å². The highest BCUT2D eigenvalue weighted by Crippen LogP contribution is 2.17. The number of aliphatic hydroxyl groups is 2. The second kappa shape index (κ2) is 57.7. The van der Waals surface area contributed by atoms with Gasteiger partial charge in [-0.05, 0) is 83.5 Å². The van der Waals surface area contributed by atoms with E-state index in [4.69, 9.17) is 4.74 Å². The predicted molar refractivity (Wildman–Crippen MR) is 296 cm³/mol. The molecule has 0 spiro atoms. The molecule has 2 unspecified atom stereocenters. The molecule has 6 heteroatoms. The Bertz CT molecular complexity index is 1100. The van der Waals surface area contributed by atoms with E-state index in [2.05, 4.69) is 55.6 Å². The average molecular weight is 957 g/mol. The smallest absolute Gasteiger partial charge is 0.305 e. The number of hydrogen-bond donors (Lipinski definition) is 3. The molecular formula is C62H117NO5. The number of allylic oxidation sites excluding steroid dienone is 6. The van der Waals surface area contributed by atoms with Gasteiger partial charge in [-0.25, -0.2) is 0 Å². The van der Waals surface area contributed by atoms with Crippen molar-refractivity contribution >= 4 is 11.9 Å². The number of hydrogen-bond acceptors (Lipinski definition) is 5. The Kier molecular flexibility index (Phi) is 56.0. The van der Waals surface area contributed by atoms with Gasteiger partial charge in [-0.15, -0.1) is 0 Å². The van der Waals surface area contributed by atoms with Gasteiger partial charge in [0.25, 0.3) is 0 Å². The first-order valence-corrected chi connectivity index (χ1v) is 30.2. The monoisotopic (exact) mass is 956 g/mol. The minimum absolute atomic E-state index is 0.0343. The summed E-state index contributed by atoms with van der Waals surface area (Å²) < 4.78 is 5.46. The molecule has 0 radical (unpaired) electrons. The topological polar surface area (TPSA) is 95.9 Å². The fraction of sp³-hybridized carbons (Fsp3) is 0.871. The molecule has 2 atom stereocenters. The Morgan fingerprint density at radius 3 is 1.16 bits per heavy atom. The minimum Gasteiger partial charge on any atom is -0.466 e. The van der Waals surface area contributed by atoms with Gasteiger partial charge in [0, 0.05) is 12.8 Å². The molecule has 0 heterocycles. The van der Waals surface area contributed by atoms with Crippen LogP contribution in [0.5, 0.6) is 0 Å². The molecule has 0 saturated heterocycles. The summed E-state index contributed by atoms with van der Waals surface area (Å²) in [5.74, 6) is -0.0963. The van der Waals surface area contributed by atoms with E-state index in [1.807, 2.05) is 0 Å². The van der Waals surface area contributed by atoms with E-state index in [9.17, 15) is 19.8 Å². The summed E-state index contributed by atoms with van der Waals surface area (Å²) in [5, 5.41) is 23.3. The Morgan fingerprint density at radius 1 is 0.412 bits per heavy atom. The van der Waals surface area contributed by atoms with Gasteiger partial charge in [0.15, 0.2) is 0 Å². The Balaban J connectivity index is 3.49. The van der Waals surface area contributed by atoms with Crippen molar-refractivity contribution in [3.8, 4) is 0 Å². The summed E-state index contributed by atoms with van der Waals surface area (Å²) in [5.41, 5.74) is 0. The normalized spacial score (nSPS) is 12.8. The zero-order chi connectivity index (χ0) is 49.3. The number of amides is 1. The summed E-state index contributed by atoms with van der Waals surface area (Å²) >= 11 is 0. The van der Waals surface area contributed by atoms with Gasteiger partial charge >= 0.3 is 5.97 Å². The number of rotatable bonds is 56. The maximum Gasteiger partial charge on any atom is 0.305 e. The van der Waals surface area contributed by atoms with Crippen LogP contribution in [0.15, 0.2) is 36.5 Å².